The average Bonchev–Trinajstić information content (AvgIpc) is 2.90. The molecule has 0 nitrogen and oxygen atoms in total. The Morgan fingerprint density at radius 1 is 1.17 bits per heavy atom. The highest BCUT2D eigenvalue weighted by atomic mass is 14.0. The maximum absolute atomic E-state index is 2.34. The van der Waals surface area contributed by atoms with E-state index in [0.29, 0.717) is 0 Å². The molecule has 0 heterocycles. The minimum atomic E-state index is 0.955. The standard InChI is InChI=1S/C9H20.C3H4/c1-4-6-7-8-9(3)5-2;1-2-3-1/h9H,4-8H2,1-3H3;1-2H,3H2. The molecular weight excluding hydrogens is 144 g/mol. The van der Waals surface area contributed by atoms with Gasteiger partial charge < -0.3 is 0 Å². The molecule has 0 bridgehead atoms. The summed E-state index contributed by atoms with van der Waals surface area (Å²) in [7, 11) is 0. The van der Waals surface area contributed by atoms with Crippen LogP contribution in [0.4, 0.5) is 0 Å². The van der Waals surface area contributed by atoms with E-state index in [1.165, 1.54) is 38.5 Å². The van der Waals surface area contributed by atoms with Crippen LogP contribution in [0.15, 0.2) is 12.2 Å². The Kier molecular flexibility index (Phi) is 8.64. The van der Waals surface area contributed by atoms with Crippen LogP contribution in [0.5, 0.6) is 0 Å². The van der Waals surface area contributed by atoms with Gasteiger partial charge in [-0.3, -0.25) is 0 Å². The summed E-state index contributed by atoms with van der Waals surface area (Å²) in [6.07, 6.45) is 12.5. The summed E-state index contributed by atoms with van der Waals surface area (Å²) in [5.41, 5.74) is 0. The van der Waals surface area contributed by atoms with E-state index >= 15 is 0 Å². The first kappa shape index (κ1) is 11.7. The molecule has 0 N–H and O–H groups in total. The SMILES string of the molecule is C1=CC1.CCCCCC(C)CC. The van der Waals surface area contributed by atoms with Crippen LogP contribution >= 0.6 is 0 Å². The van der Waals surface area contributed by atoms with Crippen molar-refractivity contribution in [2.45, 2.75) is 59.3 Å². The van der Waals surface area contributed by atoms with Crippen LogP contribution in [-0.2, 0) is 0 Å². The smallest absolute Gasteiger partial charge is 0.0169 e. The van der Waals surface area contributed by atoms with Gasteiger partial charge in [0.2, 0.25) is 0 Å². The molecule has 1 atom stereocenters. The Hall–Kier alpha value is -0.260. The fourth-order valence-electron chi connectivity index (χ4n) is 0.947. The largest absolute Gasteiger partial charge is 0.0844 e. The van der Waals surface area contributed by atoms with Crippen molar-refractivity contribution in [3.8, 4) is 0 Å². The Labute approximate surface area is 78.1 Å². The molecule has 1 rings (SSSR count). The summed E-state index contributed by atoms with van der Waals surface area (Å²) in [5, 5.41) is 0. The molecule has 1 aliphatic rings. The van der Waals surface area contributed by atoms with Crippen molar-refractivity contribution >= 4 is 0 Å². The number of hydrogen-bond acceptors (Lipinski definition) is 0. The molecule has 0 fully saturated rings. The molecule has 0 spiro atoms. The molecule has 0 saturated heterocycles. The van der Waals surface area contributed by atoms with E-state index in [4.69, 9.17) is 0 Å². The van der Waals surface area contributed by atoms with Gasteiger partial charge in [0.1, 0.15) is 0 Å². The molecular formula is C12H24. The molecule has 0 aromatic heterocycles. The Balaban J connectivity index is 0.000000330. The van der Waals surface area contributed by atoms with Crippen LogP contribution in [0.1, 0.15) is 59.3 Å². The van der Waals surface area contributed by atoms with Gasteiger partial charge in [-0.2, -0.15) is 0 Å². The van der Waals surface area contributed by atoms with E-state index in [1.807, 2.05) is 0 Å². The van der Waals surface area contributed by atoms with Crippen molar-refractivity contribution in [2.75, 3.05) is 0 Å². The topological polar surface area (TPSA) is 0 Å². The maximum atomic E-state index is 2.34. The lowest BCUT2D eigenvalue weighted by Crippen LogP contribution is -1.90. The lowest BCUT2D eigenvalue weighted by atomic mass is 10.0. The summed E-state index contributed by atoms with van der Waals surface area (Å²) < 4.78 is 0. The van der Waals surface area contributed by atoms with Crippen molar-refractivity contribution in [1.29, 1.82) is 0 Å². The molecule has 0 saturated carbocycles. The van der Waals surface area contributed by atoms with Crippen molar-refractivity contribution in [3.05, 3.63) is 12.2 Å². The predicted octanol–water partition coefficient (Wildman–Crippen LogP) is 4.56. The molecule has 72 valence electrons. The second-order valence-corrected chi connectivity index (χ2v) is 3.72. The molecule has 1 unspecified atom stereocenters. The summed E-state index contributed by atoms with van der Waals surface area (Å²) in [5.74, 6) is 0.955. The summed E-state index contributed by atoms with van der Waals surface area (Å²) in [6.45, 7) is 6.88. The molecule has 0 aromatic rings. The highest BCUT2D eigenvalue weighted by molar-refractivity contribution is 5.02. The van der Waals surface area contributed by atoms with E-state index in [2.05, 4.69) is 32.9 Å². The number of rotatable bonds is 5. The molecule has 0 aliphatic heterocycles. The van der Waals surface area contributed by atoms with Gasteiger partial charge in [-0.25, -0.2) is 0 Å². The predicted molar refractivity (Wildman–Crippen MR) is 57.4 cm³/mol. The summed E-state index contributed by atoms with van der Waals surface area (Å²) in [6, 6.07) is 0. The zero-order chi connectivity index (χ0) is 9.23. The maximum Gasteiger partial charge on any atom is -0.0169 e. The van der Waals surface area contributed by atoms with Crippen molar-refractivity contribution < 1.29 is 0 Å². The monoisotopic (exact) mass is 168 g/mol. The zero-order valence-corrected chi connectivity index (χ0v) is 8.97. The molecule has 1 aliphatic carbocycles. The van der Waals surface area contributed by atoms with Gasteiger partial charge in [0.15, 0.2) is 0 Å². The first-order valence-corrected chi connectivity index (χ1v) is 5.46. The fourth-order valence-corrected chi connectivity index (χ4v) is 0.947. The zero-order valence-electron chi connectivity index (χ0n) is 8.97. The highest BCUT2D eigenvalue weighted by Gasteiger charge is 1.95. The Morgan fingerprint density at radius 2 is 1.75 bits per heavy atom. The van der Waals surface area contributed by atoms with Crippen LogP contribution in [0, 0.1) is 5.92 Å². The Bertz CT molecular complexity index is 98.6. The second kappa shape index (κ2) is 8.83. The molecule has 0 amide bonds. The fraction of sp³-hybridized carbons (Fsp3) is 0.833. The van der Waals surface area contributed by atoms with E-state index in [1.54, 1.807) is 0 Å². The quantitative estimate of drug-likeness (QED) is 0.417. The van der Waals surface area contributed by atoms with E-state index in [-0.39, 0.29) is 0 Å². The first-order valence-electron chi connectivity index (χ1n) is 5.46. The lowest BCUT2D eigenvalue weighted by molar-refractivity contribution is 0.482. The highest BCUT2D eigenvalue weighted by Crippen LogP contribution is 2.11. The third-order valence-corrected chi connectivity index (χ3v) is 2.23. The number of allylic oxidation sites excluding steroid dienone is 2. The Morgan fingerprint density at radius 3 is 2.08 bits per heavy atom. The summed E-state index contributed by atoms with van der Waals surface area (Å²) >= 11 is 0. The number of unbranched alkanes of at least 4 members (excludes halogenated alkanes) is 2. The lowest BCUT2D eigenvalue weighted by Gasteiger charge is -2.05. The third-order valence-electron chi connectivity index (χ3n) is 2.23. The molecule has 12 heavy (non-hydrogen) atoms. The van der Waals surface area contributed by atoms with E-state index in [0.717, 1.165) is 5.92 Å². The third kappa shape index (κ3) is 12.4. The van der Waals surface area contributed by atoms with Gasteiger partial charge in [-0.05, 0) is 12.3 Å². The van der Waals surface area contributed by atoms with Gasteiger partial charge in [-0.15, -0.1) is 0 Å². The average molecular weight is 168 g/mol. The van der Waals surface area contributed by atoms with Gasteiger partial charge >= 0.3 is 0 Å². The van der Waals surface area contributed by atoms with E-state index in [9.17, 15) is 0 Å². The first-order chi connectivity index (χ1) is 5.81. The van der Waals surface area contributed by atoms with Crippen LogP contribution < -0.4 is 0 Å². The number of hydrogen-bond donors (Lipinski definition) is 0. The van der Waals surface area contributed by atoms with Gasteiger partial charge in [0.05, 0.1) is 0 Å². The van der Waals surface area contributed by atoms with Crippen molar-refractivity contribution in [3.63, 3.8) is 0 Å². The molecule has 0 aromatic carbocycles. The normalized spacial score (nSPS) is 14.9. The van der Waals surface area contributed by atoms with Gasteiger partial charge in [0.25, 0.3) is 0 Å². The van der Waals surface area contributed by atoms with Crippen LogP contribution in [0.2, 0.25) is 0 Å². The van der Waals surface area contributed by atoms with Crippen molar-refractivity contribution in [2.24, 2.45) is 5.92 Å². The minimum absolute atomic E-state index is 0.955. The van der Waals surface area contributed by atoms with Gasteiger partial charge in [-0.1, -0.05) is 65.0 Å². The van der Waals surface area contributed by atoms with Crippen molar-refractivity contribution in [1.82, 2.24) is 0 Å². The molecule has 0 heteroatoms. The van der Waals surface area contributed by atoms with Crippen LogP contribution in [0.25, 0.3) is 0 Å². The summed E-state index contributed by atoms with van der Waals surface area (Å²) in [4.78, 5) is 0. The van der Waals surface area contributed by atoms with Crippen LogP contribution in [0.3, 0.4) is 0 Å². The van der Waals surface area contributed by atoms with Gasteiger partial charge in [0, 0.05) is 0 Å². The second-order valence-electron chi connectivity index (χ2n) is 3.72. The minimum Gasteiger partial charge on any atom is -0.0844 e. The van der Waals surface area contributed by atoms with Crippen LogP contribution in [-0.4, -0.2) is 0 Å². The molecule has 0 radical (unpaired) electrons. The van der Waals surface area contributed by atoms with E-state index < -0.39 is 0 Å².